The van der Waals surface area contributed by atoms with Gasteiger partial charge < -0.3 is 4.90 Å². The van der Waals surface area contributed by atoms with Crippen molar-refractivity contribution < 1.29 is 8.78 Å². The molecule has 1 atom stereocenters. The second-order valence-corrected chi connectivity index (χ2v) is 6.90. The van der Waals surface area contributed by atoms with Gasteiger partial charge in [0.05, 0.1) is 0 Å². The molecule has 0 amide bonds. The van der Waals surface area contributed by atoms with E-state index in [0.29, 0.717) is 24.2 Å². The zero-order chi connectivity index (χ0) is 17.4. The molecule has 0 spiro atoms. The summed E-state index contributed by atoms with van der Waals surface area (Å²) in [4.78, 5) is 13.1. The molecule has 3 heterocycles. The minimum atomic E-state index is -2.53. The average molecular weight is 348 g/mol. The monoisotopic (exact) mass is 348 g/mol. The molecule has 0 aromatic carbocycles. The van der Waals surface area contributed by atoms with Gasteiger partial charge in [-0.25, -0.2) is 18.7 Å². The van der Waals surface area contributed by atoms with Crippen molar-refractivity contribution in [3.8, 4) is 0 Å². The van der Waals surface area contributed by atoms with E-state index >= 15 is 0 Å². The van der Waals surface area contributed by atoms with Crippen molar-refractivity contribution in [3.63, 3.8) is 0 Å². The van der Waals surface area contributed by atoms with Crippen LogP contribution >= 0.6 is 0 Å². The highest BCUT2D eigenvalue weighted by atomic mass is 19.3. The molecule has 0 bridgehead atoms. The lowest BCUT2D eigenvalue weighted by Gasteiger charge is -2.30. The summed E-state index contributed by atoms with van der Waals surface area (Å²) in [6.07, 6.45) is 5.94. The Morgan fingerprint density at radius 2 is 2.12 bits per heavy atom. The first-order valence-electron chi connectivity index (χ1n) is 8.69. The van der Waals surface area contributed by atoms with Crippen LogP contribution in [-0.4, -0.2) is 49.8 Å². The number of anilines is 1. The van der Waals surface area contributed by atoms with Gasteiger partial charge in [0.2, 0.25) is 0 Å². The fourth-order valence-electron chi connectivity index (χ4n) is 3.75. The van der Waals surface area contributed by atoms with Gasteiger partial charge in [0.25, 0.3) is 6.43 Å². The van der Waals surface area contributed by atoms with E-state index in [-0.39, 0.29) is 5.69 Å². The molecule has 134 valence electrons. The molecule has 1 aliphatic carbocycles. The largest absolute Gasteiger partial charge is 0.349 e. The summed E-state index contributed by atoms with van der Waals surface area (Å²) in [6, 6.07) is 2.88. The van der Waals surface area contributed by atoms with Crippen molar-refractivity contribution in [3.05, 3.63) is 36.0 Å². The molecule has 2 aliphatic rings. The van der Waals surface area contributed by atoms with E-state index in [1.54, 1.807) is 25.8 Å². The molecule has 25 heavy (non-hydrogen) atoms. The maximum Gasteiger partial charge on any atom is 0.282 e. The van der Waals surface area contributed by atoms with Crippen LogP contribution in [0.15, 0.2) is 24.8 Å². The molecular formula is C17H22F2N6. The fourth-order valence-corrected chi connectivity index (χ4v) is 3.75. The van der Waals surface area contributed by atoms with Gasteiger partial charge in [0, 0.05) is 56.7 Å². The normalized spacial score (nSPS) is 21.2. The van der Waals surface area contributed by atoms with E-state index in [1.165, 1.54) is 17.5 Å². The Labute approximate surface area is 145 Å². The van der Waals surface area contributed by atoms with Crippen molar-refractivity contribution in [2.24, 2.45) is 7.05 Å². The van der Waals surface area contributed by atoms with Crippen LogP contribution in [0.1, 0.15) is 36.9 Å². The summed E-state index contributed by atoms with van der Waals surface area (Å²) >= 11 is 0. The van der Waals surface area contributed by atoms with Gasteiger partial charge in [-0.1, -0.05) is 0 Å². The minimum Gasteiger partial charge on any atom is -0.349 e. The summed E-state index contributed by atoms with van der Waals surface area (Å²) in [5.41, 5.74) is 0.527. The van der Waals surface area contributed by atoms with Gasteiger partial charge in [-0.2, -0.15) is 5.10 Å². The van der Waals surface area contributed by atoms with E-state index in [2.05, 4.69) is 24.9 Å². The van der Waals surface area contributed by atoms with Crippen molar-refractivity contribution >= 4 is 5.82 Å². The molecule has 2 aromatic rings. The van der Waals surface area contributed by atoms with Crippen LogP contribution in [0.5, 0.6) is 0 Å². The number of nitrogens with zero attached hydrogens (tertiary/aromatic N) is 6. The molecule has 1 aliphatic heterocycles. The van der Waals surface area contributed by atoms with Crippen molar-refractivity contribution in [2.45, 2.75) is 44.3 Å². The van der Waals surface area contributed by atoms with Crippen LogP contribution in [0.2, 0.25) is 0 Å². The Kier molecular flexibility index (Phi) is 4.37. The predicted molar refractivity (Wildman–Crippen MR) is 89.4 cm³/mol. The summed E-state index contributed by atoms with van der Waals surface area (Å²) in [5.74, 6) is 0.971. The summed E-state index contributed by atoms with van der Waals surface area (Å²) < 4.78 is 27.8. The van der Waals surface area contributed by atoms with Crippen molar-refractivity contribution in [2.75, 3.05) is 18.0 Å². The van der Waals surface area contributed by atoms with Crippen LogP contribution in [0, 0.1) is 0 Å². The molecule has 0 radical (unpaired) electrons. The Morgan fingerprint density at radius 1 is 1.28 bits per heavy atom. The van der Waals surface area contributed by atoms with E-state index in [4.69, 9.17) is 0 Å². The lowest BCUT2D eigenvalue weighted by atomic mass is 10.2. The molecule has 2 aromatic heterocycles. The van der Waals surface area contributed by atoms with Crippen molar-refractivity contribution in [1.82, 2.24) is 24.6 Å². The number of halogens is 2. The summed E-state index contributed by atoms with van der Waals surface area (Å²) in [7, 11) is 1.69. The van der Waals surface area contributed by atoms with E-state index in [9.17, 15) is 8.78 Å². The van der Waals surface area contributed by atoms with E-state index in [1.807, 2.05) is 6.07 Å². The maximum atomic E-state index is 13.1. The molecule has 8 heteroatoms. The van der Waals surface area contributed by atoms with Gasteiger partial charge in [-0.05, 0) is 25.3 Å². The maximum absolute atomic E-state index is 13.1. The number of aromatic nitrogens is 4. The molecular weight excluding hydrogens is 326 g/mol. The summed E-state index contributed by atoms with van der Waals surface area (Å²) in [5, 5.41) is 3.90. The fraction of sp³-hybridized carbons (Fsp3) is 0.588. The first-order valence-corrected chi connectivity index (χ1v) is 8.69. The SMILES string of the molecule is Cn1cc(CN2CCC(N(c3ccncn3)C3CC3)C2)c(C(F)F)n1. The highest BCUT2D eigenvalue weighted by Gasteiger charge is 2.38. The quantitative estimate of drug-likeness (QED) is 0.802. The van der Waals surface area contributed by atoms with Gasteiger partial charge in [-0.3, -0.25) is 9.58 Å². The smallest absolute Gasteiger partial charge is 0.282 e. The molecule has 0 N–H and O–H groups in total. The predicted octanol–water partition coefficient (Wildman–Crippen LogP) is 2.39. The molecule has 2 fully saturated rings. The van der Waals surface area contributed by atoms with Gasteiger partial charge in [0.15, 0.2) is 0 Å². The van der Waals surface area contributed by atoms with E-state index < -0.39 is 6.43 Å². The zero-order valence-corrected chi connectivity index (χ0v) is 14.2. The topological polar surface area (TPSA) is 50.1 Å². The standard InChI is InChI=1S/C17H22F2N6/c1-23-8-12(16(22-23)17(18)19)9-24-7-5-14(10-24)25(13-2-3-13)15-4-6-20-11-21-15/h4,6,8,11,13-14,17H,2-3,5,7,9-10H2,1H3. The van der Waals surface area contributed by atoms with Crippen LogP contribution in [0.4, 0.5) is 14.6 Å². The Hall–Kier alpha value is -2.09. The Morgan fingerprint density at radius 3 is 2.80 bits per heavy atom. The third-order valence-corrected chi connectivity index (χ3v) is 4.95. The average Bonchev–Trinajstić information content (AvgIpc) is 3.20. The molecule has 4 rings (SSSR count). The Bertz CT molecular complexity index is 715. The third-order valence-electron chi connectivity index (χ3n) is 4.95. The molecule has 1 unspecified atom stereocenters. The molecule has 1 saturated heterocycles. The Balaban J connectivity index is 1.46. The molecule has 6 nitrogen and oxygen atoms in total. The van der Waals surface area contributed by atoms with E-state index in [0.717, 1.165) is 25.3 Å². The third kappa shape index (κ3) is 3.49. The van der Waals surface area contributed by atoms with Gasteiger partial charge in [0.1, 0.15) is 17.8 Å². The first-order chi connectivity index (χ1) is 12.1. The second-order valence-electron chi connectivity index (χ2n) is 6.90. The highest BCUT2D eigenvalue weighted by molar-refractivity contribution is 5.42. The van der Waals surface area contributed by atoms with Crippen LogP contribution < -0.4 is 4.90 Å². The highest BCUT2D eigenvalue weighted by Crippen LogP contribution is 2.35. The van der Waals surface area contributed by atoms with Crippen LogP contribution in [0.3, 0.4) is 0 Å². The van der Waals surface area contributed by atoms with Crippen molar-refractivity contribution in [1.29, 1.82) is 0 Å². The number of alkyl halides is 2. The lowest BCUT2D eigenvalue weighted by molar-refractivity contribution is 0.142. The second kappa shape index (κ2) is 6.67. The minimum absolute atomic E-state index is 0.0965. The zero-order valence-electron chi connectivity index (χ0n) is 14.2. The number of likely N-dealkylation sites (tertiary alicyclic amines) is 1. The van der Waals surface area contributed by atoms with Gasteiger partial charge in [-0.15, -0.1) is 0 Å². The summed E-state index contributed by atoms with van der Waals surface area (Å²) in [6.45, 7) is 2.28. The van der Waals surface area contributed by atoms with Gasteiger partial charge >= 0.3 is 0 Å². The number of hydrogen-bond acceptors (Lipinski definition) is 5. The first kappa shape index (κ1) is 16.4. The number of hydrogen-bond donors (Lipinski definition) is 0. The number of aryl methyl sites for hydroxylation is 1. The van der Waals surface area contributed by atoms with Crippen LogP contribution in [-0.2, 0) is 13.6 Å². The lowest BCUT2D eigenvalue weighted by Crippen LogP contribution is -2.39. The number of rotatable bonds is 6. The van der Waals surface area contributed by atoms with Crippen LogP contribution in [0.25, 0.3) is 0 Å². The molecule has 1 saturated carbocycles.